The van der Waals surface area contributed by atoms with Gasteiger partial charge in [-0.3, -0.25) is 0 Å². The summed E-state index contributed by atoms with van der Waals surface area (Å²) < 4.78 is 5.18. The third-order valence-electron chi connectivity index (χ3n) is 3.41. The average Bonchev–Trinajstić information content (AvgIpc) is 2.46. The highest BCUT2D eigenvalue weighted by Crippen LogP contribution is 2.21. The van der Waals surface area contributed by atoms with Crippen LogP contribution in [0.3, 0.4) is 0 Å². The van der Waals surface area contributed by atoms with Crippen molar-refractivity contribution in [2.24, 2.45) is 0 Å². The van der Waals surface area contributed by atoms with Crippen molar-refractivity contribution in [3.05, 3.63) is 29.8 Å². The molecule has 0 saturated carbocycles. The van der Waals surface area contributed by atoms with E-state index in [2.05, 4.69) is 12.2 Å². The van der Waals surface area contributed by atoms with Gasteiger partial charge in [0.05, 0.1) is 13.2 Å². The highest BCUT2D eigenvalue weighted by molar-refractivity contribution is 5.30. The van der Waals surface area contributed by atoms with Crippen molar-refractivity contribution in [3.8, 4) is 5.75 Å². The Morgan fingerprint density at radius 1 is 1.26 bits per heavy atom. The van der Waals surface area contributed by atoms with Gasteiger partial charge < -0.3 is 15.2 Å². The second-order valence-electron chi connectivity index (χ2n) is 5.02. The Balaban J connectivity index is 2.40. The normalized spacial score (nSPS) is 14.1. The number of nitrogens with one attached hydrogen (secondary N) is 1. The SMILES string of the molecule is CCCCCCNC(C)C(O)c1cccc(OC)c1. The van der Waals surface area contributed by atoms with Crippen molar-refractivity contribution in [1.82, 2.24) is 5.32 Å². The number of methoxy groups -OCH3 is 1. The lowest BCUT2D eigenvalue weighted by Crippen LogP contribution is -2.32. The highest BCUT2D eigenvalue weighted by atomic mass is 16.5. The predicted molar refractivity (Wildman–Crippen MR) is 79.6 cm³/mol. The van der Waals surface area contributed by atoms with Crippen LogP contribution < -0.4 is 10.1 Å². The number of aliphatic hydroxyl groups excluding tert-OH is 1. The molecular weight excluding hydrogens is 238 g/mol. The Morgan fingerprint density at radius 3 is 2.74 bits per heavy atom. The Labute approximate surface area is 117 Å². The molecule has 108 valence electrons. The molecule has 2 unspecified atom stereocenters. The van der Waals surface area contributed by atoms with Crippen molar-refractivity contribution >= 4 is 0 Å². The molecule has 1 rings (SSSR count). The standard InChI is InChI=1S/C16H27NO2/c1-4-5-6-7-11-17-13(2)16(18)14-9-8-10-15(12-14)19-3/h8-10,12-13,16-18H,4-7,11H2,1-3H3. The van der Waals surface area contributed by atoms with Gasteiger partial charge in [0.25, 0.3) is 0 Å². The van der Waals surface area contributed by atoms with E-state index in [1.54, 1.807) is 7.11 Å². The first-order chi connectivity index (χ1) is 9.19. The van der Waals surface area contributed by atoms with Gasteiger partial charge in [-0.25, -0.2) is 0 Å². The molecule has 0 aliphatic rings. The van der Waals surface area contributed by atoms with E-state index in [1.807, 2.05) is 31.2 Å². The molecule has 0 aliphatic carbocycles. The fourth-order valence-electron chi connectivity index (χ4n) is 2.11. The molecule has 0 saturated heterocycles. The molecule has 0 aliphatic heterocycles. The Bertz CT molecular complexity index is 354. The number of unbranched alkanes of at least 4 members (excludes halogenated alkanes) is 3. The molecule has 1 aromatic rings. The van der Waals surface area contributed by atoms with Crippen LogP contribution in [0.4, 0.5) is 0 Å². The van der Waals surface area contributed by atoms with Crippen LogP contribution in [0.1, 0.15) is 51.2 Å². The van der Waals surface area contributed by atoms with Crippen LogP contribution in [0.15, 0.2) is 24.3 Å². The topological polar surface area (TPSA) is 41.5 Å². The fraction of sp³-hybridized carbons (Fsp3) is 0.625. The number of rotatable bonds is 9. The summed E-state index contributed by atoms with van der Waals surface area (Å²) in [6.07, 6.45) is 4.46. The summed E-state index contributed by atoms with van der Waals surface area (Å²) in [6, 6.07) is 7.67. The molecule has 3 heteroatoms. The predicted octanol–water partition coefficient (Wildman–Crippen LogP) is 3.29. The molecule has 0 aromatic heterocycles. The van der Waals surface area contributed by atoms with Crippen molar-refractivity contribution in [1.29, 1.82) is 0 Å². The fourth-order valence-corrected chi connectivity index (χ4v) is 2.11. The smallest absolute Gasteiger partial charge is 0.119 e. The zero-order valence-electron chi connectivity index (χ0n) is 12.4. The van der Waals surface area contributed by atoms with Gasteiger partial charge in [-0.05, 0) is 37.6 Å². The molecule has 2 atom stereocenters. The van der Waals surface area contributed by atoms with E-state index in [1.165, 1.54) is 25.7 Å². The van der Waals surface area contributed by atoms with Crippen molar-refractivity contribution in [2.75, 3.05) is 13.7 Å². The maximum Gasteiger partial charge on any atom is 0.119 e. The van der Waals surface area contributed by atoms with E-state index >= 15 is 0 Å². The van der Waals surface area contributed by atoms with E-state index in [-0.39, 0.29) is 6.04 Å². The summed E-state index contributed by atoms with van der Waals surface area (Å²) in [5.41, 5.74) is 0.896. The van der Waals surface area contributed by atoms with Crippen LogP contribution >= 0.6 is 0 Å². The Kier molecular flexibility index (Phi) is 7.53. The molecule has 2 N–H and O–H groups in total. The second-order valence-corrected chi connectivity index (χ2v) is 5.02. The minimum Gasteiger partial charge on any atom is -0.497 e. The molecule has 3 nitrogen and oxygen atoms in total. The van der Waals surface area contributed by atoms with Gasteiger partial charge in [-0.2, -0.15) is 0 Å². The first-order valence-corrected chi connectivity index (χ1v) is 7.24. The number of hydrogen-bond acceptors (Lipinski definition) is 3. The molecule has 0 bridgehead atoms. The largest absolute Gasteiger partial charge is 0.497 e. The lowest BCUT2D eigenvalue weighted by Gasteiger charge is -2.21. The molecule has 0 fully saturated rings. The minimum atomic E-state index is -0.499. The second kappa shape index (κ2) is 8.94. The summed E-state index contributed by atoms with van der Waals surface area (Å²) >= 11 is 0. The van der Waals surface area contributed by atoms with E-state index in [0.29, 0.717) is 0 Å². The molecular formula is C16H27NO2. The van der Waals surface area contributed by atoms with Crippen molar-refractivity contribution in [3.63, 3.8) is 0 Å². The van der Waals surface area contributed by atoms with E-state index in [9.17, 15) is 5.11 Å². The van der Waals surface area contributed by atoms with Gasteiger partial charge in [0, 0.05) is 6.04 Å². The van der Waals surface area contributed by atoms with Crippen LogP contribution in [0, 0.1) is 0 Å². The van der Waals surface area contributed by atoms with Gasteiger partial charge in [0.1, 0.15) is 5.75 Å². The summed E-state index contributed by atoms with van der Waals surface area (Å²) in [6.45, 7) is 5.19. The molecule has 0 heterocycles. The number of hydrogen-bond donors (Lipinski definition) is 2. The maximum atomic E-state index is 10.3. The van der Waals surface area contributed by atoms with Gasteiger partial charge in [0.2, 0.25) is 0 Å². The third-order valence-corrected chi connectivity index (χ3v) is 3.41. The van der Waals surface area contributed by atoms with Gasteiger partial charge in [-0.15, -0.1) is 0 Å². The van der Waals surface area contributed by atoms with Crippen molar-refractivity contribution < 1.29 is 9.84 Å². The van der Waals surface area contributed by atoms with Crippen LogP contribution in [0.2, 0.25) is 0 Å². The zero-order valence-corrected chi connectivity index (χ0v) is 12.4. The lowest BCUT2D eigenvalue weighted by atomic mass is 10.0. The molecule has 0 radical (unpaired) electrons. The van der Waals surface area contributed by atoms with Crippen LogP contribution in [-0.4, -0.2) is 24.8 Å². The summed E-state index contributed by atoms with van der Waals surface area (Å²) in [5.74, 6) is 0.784. The van der Waals surface area contributed by atoms with Crippen LogP contribution in [0.5, 0.6) is 5.75 Å². The van der Waals surface area contributed by atoms with Crippen LogP contribution in [0.25, 0.3) is 0 Å². The number of benzene rings is 1. The quantitative estimate of drug-likeness (QED) is 0.673. The molecule has 19 heavy (non-hydrogen) atoms. The highest BCUT2D eigenvalue weighted by Gasteiger charge is 2.15. The summed E-state index contributed by atoms with van der Waals surface area (Å²) in [7, 11) is 1.64. The summed E-state index contributed by atoms with van der Waals surface area (Å²) in [4.78, 5) is 0. The maximum absolute atomic E-state index is 10.3. The lowest BCUT2D eigenvalue weighted by molar-refractivity contribution is 0.135. The van der Waals surface area contributed by atoms with E-state index in [0.717, 1.165) is 17.9 Å². The molecule has 1 aromatic carbocycles. The molecule has 0 spiro atoms. The molecule has 0 amide bonds. The number of ether oxygens (including phenoxy) is 1. The minimum absolute atomic E-state index is 0.0498. The van der Waals surface area contributed by atoms with Gasteiger partial charge in [-0.1, -0.05) is 38.3 Å². The van der Waals surface area contributed by atoms with Gasteiger partial charge >= 0.3 is 0 Å². The first kappa shape index (κ1) is 16.0. The first-order valence-electron chi connectivity index (χ1n) is 7.24. The van der Waals surface area contributed by atoms with E-state index < -0.39 is 6.10 Å². The van der Waals surface area contributed by atoms with Crippen molar-refractivity contribution in [2.45, 2.75) is 51.7 Å². The van der Waals surface area contributed by atoms with E-state index in [4.69, 9.17) is 4.74 Å². The number of aliphatic hydroxyl groups is 1. The zero-order chi connectivity index (χ0) is 14.1. The monoisotopic (exact) mass is 265 g/mol. The Hall–Kier alpha value is -1.06. The van der Waals surface area contributed by atoms with Gasteiger partial charge in [0.15, 0.2) is 0 Å². The average molecular weight is 265 g/mol. The summed E-state index contributed by atoms with van der Waals surface area (Å²) in [5, 5.41) is 13.7. The third kappa shape index (κ3) is 5.62. The Morgan fingerprint density at radius 2 is 2.05 bits per heavy atom. The van der Waals surface area contributed by atoms with Crippen LogP contribution in [-0.2, 0) is 0 Å².